The van der Waals surface area contributed by atoms with Crippen LogP contribution in [-0.4, -0.2) is 35.6 Å². The standard InChI is InChI=1S/C24H29N5O2/c1-3-25-24(27-16-14-20-9-7-8-15-26-20)29-18-19-12-13-23(28-17-19)31-22-11-6-5-10-21(22)30-4-2/h5-13,15,17H,3-4,14,16,18H2,1-2H3,(H2,25,27,29). The Hall–Kier alpha value is -3.61. The van der Waals surface area contributed by atoms with Crippen molar-refractivity contribution >= 4 is 5.96 Å². The molecule has 162 valence electrons. The molecule has 0 radical (unpaired) electrons. The van der Waals surface area contributed by atoms with Gasteiger partial charge in [0.1, 0.15) is 0 Å². The summed E-state index contributed by atoms with van der Waals surface area (Å²) < 4.78 is 11.5. The van der Waals surface area contributed by atoms with E-state index in [2.05, 4.69) is 25.6 Å². The fourth-order valence-corrected chi connectivity index (χ4v) is 2.85. The van der Waals surface area contributed by atoms with Crippen LogP contribution in [0.5, 0.6) is 17.4 Å². The molecule has 0 saturated carbocycles. The number of hydrogen-bond donors (Lipinski definition) is 2. The molecule has 0 spiro atoms. The molecule has 2 heterocycles. The third-order valence-electron chi connectivity index (χ3n) is 4.32. The van der Waals surface area contributed by atoms with Gasteiger partial charge in [-0.05, 0) is 43.7 Å². The highest BCUT2D eigenvalue weighted by Gasteiger charge is 2.06. The lowest BCUT2D eigenvalue weighted by molar-refractivity contribution is 0.319. The molecule has 0 saturated heterocycles. The van der Waals surface area contributed by atoms with E-state index < -0.39 is 0 Å². The Kier molecular flexibility index (Phi) is 8.67. The summed E-state index contributed by atoms with van der Waals surface area (Å²) in [5.41, 5.74) is 2.05. The molecular weight excluding hydrogens is 390 g/mol. The Morgan fingerprint density at radius 1 is 0.935 bits per heavy atom. The molecular formula is C24H29N5O2. The Labute approximate surface area is 183 Å². The minimum absolute atomic E-state index is 0.514. The number of rotatable bonds is 10. The summed E-state index contributed by atoms with van der Waals surface area (Å²) in [6, 6.07) is 17.3. The SMILES string of the molecule is CCNC(=NCc1ccc(Oc2ccccc2OCC)nc1)NCCc1ccccn1. The lowest BCUT2D eigenvalue weighted by Crippen LogP contribution is -2.38. The summed E-state index contributed by atoms with van der Waals surface area (Å²) in [5, 5.41) is 6.60. The average Bonchev–Trinajstić information content (AvgIpc) is 2.80. The molecule has 0 fully saturated rings. The van der Waals surface area contributed by atoms with Gasteiger partial charge in [0.2, 0.25) is 5.88 Å². The van der Waals surface area contributed by atoms with E-state index in [9.17, 15) is 0 Å². The van der Waals surface area contributed by atoms with E-state index in [0.717, 1.165) is 36.7 Å². The molecule has 0 aliphatic heterocycles. The lowest BCUT2D eigenvalue weighted by atomic mass is 10.3. The number of nitrogens with one attached hydrogen (secondary N) is 2. The average molecular weight is 420 g/mol. The fourth-order valence-electron chi connectivity index (χ4n) is 2.85. The number of nitrogens with zero attached hydrogens (tertiary/aromatic N) is 3. The van der Waals surface area contributed by atoms with E-state index in [0.29, 0.717) is 30.5 Å². The number of benzene rings is 1. The zero-order valence-corrected chi connectivity index (χ0v) is 18.0. The van der Waals surface area contributed by atoms with Crippen LogP contribution in [0.15, 0.2) is 72.0 Å². The van der Waals surface area contributed by atoms with Crippen molar-refractivity contribution in [2.24, 2.45) is 4.99 Å². The van der Waals surface area contributed by atoms with E-state index in [1.807, 2.05) is 74.6 Å². The van der Waals surface area contributed by atoms with Crippen molar-refractivity contribution in [3.8, 4) is 17.4 Å². The van der Waals surface area contributed by atoms with Crippen LogP contribution in [0.25, 0.3) is 0 Å². The molecule has 0 amide bonds. The Morgan fingerprint density at radius 2 is 1.77 bits per heavy atom. The largest absolute Gasteiger partial charge is 0.490 e. The van der Waals surface area contributed by atoms with Gasteiger partial charge in [-0.25, -0.2) is 9.98 Å². The number of guanidine groups is 1. The van der Waals surface area contributed by atoms with Crippen LogP contribution in [0.4, 0.5) is 0 Å². The summed E-state index contributed by atoms with van der Waals surface area (Å²) in [5.74, 6) is 2.63. The number of para-hydroxylation sites is 2. The van der Waals surface area contributed by atoms with E-state index in [1.165, 1.54) is 0 Å². The monoisotopic (exact) mass is 419 g/mol. The predicted molar refractivity (Wildman–Crippen MR) is 123 cm³/mol. The fraction of sp³-hybridized carbons (Fsp3) is 0.292. The molecule has 2 N–H and O–H groups in total. The first-order chi connectivity index (χ1) is 15.3. The van der Waals surface area contributed by atoms with Crippen LogP contribution >= 0.6 is 0 Å². The number of pyridine rings is 2. The lowest BCUT2D eigenvalue weighted by Gasteiger charge is -2.12. The van der Waals surface area contributed by atoms with Gasteiger partial charge in [0.15, 0.2) is 17.5 Å². The van der Waals surface area contributed by atoms with E-state index in [4.69, 9.17) is 9.47 Å². The smallest absolute Gasteiger partial charge is 0.219 e. The third-order valence-corrected chi connectivity index (χ3v) is 4.32. The van der Waals surface area contributed by atoms with Crippen molar-refractivity contribution in [3.05, 3.63) is 78.2 Å². The summed E-state index contributed by atoms with van der Waals surface area (Å²) in [6.07, 6.45) is 4.42. The van der Waals surface area contributed by atoms with Crippen LogP contribution in [-0.2, 0) is 13.0 Å². The van der Waals surface area contributed by atoms with E-state index in [1.54, 1.807) is 6.20 Å². The zero-order chi connectivity index (χ0) is 21.7. The van der Waals surface area contributed by atoms with Gasteiger partial charge in [-0.15, -0.1) is 0 Å². The summed E-state index contributed by atoms with van der Waals surface area (Å²) >= 11 is 0. The van der Waals surface area contributed by atoms with Crippen molar-refractivity contribution in [2.45, 2.75) is 26.8 Å². The first kappa shape index (κ1) is 22.1. The molecule has 0 unspecified atom stereocenters. The number of aliphatic imine (C=N–C) groups is 1. The van der Waals surface area contributed by atoms with Gasteiger partial charge in [0, 0.05) is 43.7 Å². The van der Waals surface area contributed by atoms with Gasteiger partial charge < -0.3 is 20.1 Å². The molecule has 7 heteroatoms. The second kappa shape index (κ2) is 12.2. The highest BCUT2D eigenvalue weighted by molar-refractivity contribution is 5.79. The third kappa shape index (κ3) is 7.29. The van der Waals surface area contributed by atoms with Crippen molar-refractivity contribution in [1.82, 2.24) is 20.6 Å². The Morgan fingerprint density at radius 3 is 2.48 bits per heavy atom. The van der Waals surface area contributed by atoms with E-state index >= 15 is 0 Å². The molecule has 0 atom stereocenters. The topological polar surface area (TPSA) is 80.7 Å². The second-order valence-electron chi connectivity index (χ2n) is 6.68. The van der Waals surface area contributed by atoms with Crippen LogP contribution in [0.3, 0.4) is 0 Å². The zero-order valence-electron chi connectivity index (χ0n) is 18.0. The summed E-state index contributed by atoms with van der Waals surface area (Å²) in [6.45, 7) is 6.63. The first-order valence-electron chi connectivity index (χ1n) is 10.5. The predicted octanol–water partition coefficient (Wildman–Crippen LogP) is 3.97. The number of hydrogen-bond acceptors (Lipinski definition) is 5. The Balaban J connectivity index is 1.55. The summed E-state index contributed by atoms with van der Waals surface area (Å²) in [7, 11) is 0. The molecule has 0 aliphatic rings. The van der Waals surface area contributed by atoms with Crippen LogP contribution in [0.1, 0.15) is 25.1 Å². The van der Waals surface area contributed by atoms with Crippen molar-refractivity contribution < 1.29 is 9.47 Å². The molecule has 7 nitrogen and oxygen atoms in total. The minimum atomic E-state index is 0.514. The van der Waals surface area contributed by atoms with Gasteiger partial charge >= 0.3 is 0 Å². The first-order valence-corrected chi connectivity index (χ1v) is 10.5. The highest BCUT2D eigenvalue weighted by atomic mass is 16.5. The Bertz CT molecular complexity index is 946. The molecule has 1 aromatic carbocycles. The van der Waals surface area contributed by atoms with Gasteiger partial charge in [0.05, 0.1) is 13.2 Å². The number of aromatic nitrogens is 2. The quantitative estimate of drug-likeness (QED) is 0.382. The van der Waals surface area contributed by atoms with Crippen molar-refractivity contribution in [1.29, 1.82) is 0 Å². The van der Waals surface area contributed by atoms with Gasteiger partial charge in [-0.2, -0.15) is 0 Å². The number of ether oxygens (including phenoxy) is 2. The normalized spacial score (nSPS) is 11.1. The van der Waals surface area contributed by atoms with Gasteiger partial charge in [-0.1, -0.05) is 24.3 Å². The summed E-state index contributed by atoms with van der Waals surface area (Å²) in [4.78, 5) is 13.4. The molecule has 0 aliphatic carbocycles. The maximum Gasteiger partial charge on any atom is 0.219 e. The van der Waals surface area contributed by atoms with E-state index in [-0.39, 0.29) is 0 Å². The maximum atomic E-state index is 5.87. The highest BCUT2D eigenvalue weighted by Crippen LogP contribution is 2.30. The molecule has 0 bridgehead atoms. The van der Waals surface area contributed by atoms with Crippen molar-refractivity contribution in [3.63, 3.8) is 0 Å². The minimum Gasteiger partial charge on any atom is -0.490 e. The molecule has 3 aromatic rings. The molecule has 3 rings (SSSR count). The van der Waals surface area contributed by atoms with Gasteiger partial charge in [-0.3, -0.25) is 4.98 Å². The molecule has 2 aromatic heterocycles. The second-order valence-corrected chi connectivity index (χ2v) is 6.68. The van der Waals surface area contributed by atoms with Crippen LogP contribution < -0.4 is 20.1 Å². The maximum absolute atomic E-state index is 5.87. The van der Waals surface area contributed by atoms with Crippen LogP contribution in [0.2, 0.25) is 0 Å². The van der Waals surface area contributed by atoms with Gasteiger partial charge in [0.25, 0.3) is 0 Å². The van der Waals surface area contributed by atoms with Crippen LogP contribution in [0, 0.1) is 0 Å². The molecule has 31 heavy (non-hydrogen) atoms. The van der Waals surface area contributed by atoms with Crippen molar-refractivity contribution in [2.75, 3.05) is 19.7 Å².